The van der Waals surface area contributed by atoms with Gasteiger partial charge in [0.1, 0.15) is 0 Å². The van der Waals surface area contributed by atoms with E-state index in [-0.39, 0.29) is 5.56 Å². The number of hydrogen-bond acceptors (Lipinski definition) is 4. The Balaban J connectivity index is 2.27. The first-order valence-electron chi connectivity index (χ1n) is 7.30. The number of hydrogen-bond donors (Lipinski definition) is 1. The molecule has 0 bridgehead atoms. The van der Waals surface area contributed by atoms with Gasteiger partial charge in [-0.3, -0.25) is 4.79 Å². The van der Waals surface area contributed by atoms with Gasteiger partial charge in [-0.15, -0.1) is 0 Å². The second-order valence-corrected chi connectivity index (χ2v) is 5.04. The number of nitrogens with one attached hydrogen (secondary N) is 1. The molecule has 1 aliphatic heterocycles. The number of likely N-dealkylation sites (N-methyl/N-ethyl adjacent to an activating group) is 1. The van der Waals surface area contributed by atoms with Crippen molar-refractivity contribution in [3.05, 3.63) is 22.7 Å². The number of nitrogens with zero attached hydrogens (tertiary/aromatic N) is 3. The van der Waals surface area contributed by atoms with Gasteiger partial charge in [-0.25, -0.2) is 4.98 Å². The molecule has 0 aromatic carbocycles. The highest BCUT2D eigenvalue weighted by Gasteiger charge is 2.23. The maximum absolute atomic E-state index is 12.4. The summed E-state index contributed by atoms with van der Waals surface area (Å²) in [5.74, 6) is 0.604. The number of aromatic nitrogens is 2. The first-order valence-corrected chi connectivity index (χ1v) is 7.30. The monoisotopic (exact) mass is 264 g/mol. The quantitative estimate of drug-likeness (QED) is 0.869. The van der Waals surface area contributed by atoms with E-state index in [0.29, 0.717) is 11.9 Å². The van der Waals surface area contributed by atoms with Crippen LogP contribution in [0.25, 0.3) is 0 Å². The Morgan fingerprint density at radius 3 is 3.00 bits per heavy atom. The molecule has 2 heterocycles. The second kappa shape index (κ2) is 6.70. The van der Waals surface area contributed by atoms with Crippen LogP contribution in [-0.2, 0) is 6.54 Å². The highest BCUT2D eigenvalue weighted by atomic mass is 16.1. The second-order valence-electron chi connectivity index (χ2n) is 5.04. The van der Waals surface area contributed by atoms with Crippen molar-refractivity contribution < 1.29 is 0 Å². The summed E-state index contributed by atoms with van der Waals surface area (Å²) in [6, 6.07) is 0.386. The summed E-state index contributed by atoms with van der Waals surface area (Å²) < 4.78 is 1.77. The molecule has 1 aromatic heterocycles. The predicted octanol–water partition coefficient (Wildman–Crippen LogP) is 1.23. The van der Waals surface area contributed by atoms with Crippen LogP contribution in [0.4, 0.5) is 5.82 Å². The average Bonchev–Trinajstić information content (AvgIpc) is 2.45. The molecule has 0 spiro atoms. The van der Waals surface area contributed by atoms with E-state index in [1.807, 2.05) is 0 Å². The Hall–Kier alpha value is -1.36. The SMILES string of the molecule is CCCn1ccnc(N(CC)C2CCCNC2)c1=O. The van der Waals surface area contributed by atoms with Crippen LogP contribution in [0.3, 0.4) is 0 Å². The predicted molar refractivity (Wildman–Crippen MR) is 77.7 cm³/mol. The molecule has 1 atom stereocenters. The Bertz CT molecular complexity index is 451. The fourth-order valence-electron chi connectivity index (χ4n) is 2.73. The zero-order valence-electron chi connectivity index (χ0n) is 11.9. The Labute approximate surface area is 114 Å². The van der Waals surface area contributed by atoms with E-state index < -0.39 is 0 Å². The van der Waals surface area contributed by atoms with Gasteiger partial charge in [0.25, 0.3) is 5.56 Å². The minimum absolute atomic E-state index is 0.0387. The van der Waals surface area contributed by atoms with Crippen LogP contribution in [0.1, 0.15) is 33.1 Å². The lowest BCUT2D eigenvalue weighted by Gasteiger charge is -2.34. The molecule has 0 amide bonds. The standard InChI is InChI=1S/C14H24N4O/c1-3-9-17-10-8-16-13(14(17)19)18(4-2)12-6-5-7-15-11-12/h8,10,12,15H,3-7,9,11H2,1-2H3. The van der Waals surface area contributed by atoms with Gasteiger partial charge in [0, 0.05) is 38.1 Å². The van der Waals surface area contributed by atoms with Crippen LogP contribution >= 0.6 is 0 Å². The van der Waals surface area contributed by atoms with Crippen LogP contribution in [0.2, 0.25) is 0 Å². The van der Waals surface area contributed by atoms with Gasteiger partial charge in [0.2, 0.25) is 0 Å². The van der Waals surface area contributed by atoms with E-state index in [4.69, 9.17) is 0 Å². The lowest BCUT2D eigenvalue weighted by atomic mass is 10.1. The Morgan fingerprint density at radius 1 is 1.53 bits per heavy atom. The molecule has 19 heavy (non-hydrogen) atoms. The number of rotatable bonds is 5. The molecule has 1 saturated heterocycles. The Morgan fingerprint density at radius 2 is 2.37 bits per heavy atom. The first-order chi connectivity index (χ1) is 9.27. The average molecular weight is 264 g/mol. The third kappa shape index (κ3) is 3.15. The fraction of sp³-hybridized carbons (Fsp3) is 0.714. The fourth-order valence-corrected chi connectivity index (χ4v) is 2.73. The molecule has 5 nitrogen and oxygen atoms in total. The van der Waals surface area contributed by atoms with Crippen molar-refractivity contribution in [3.8, 4) is 0 Å². The van der Waals surface area contributed by atoms with Crippen molar-refractivity contribution in [1.82, 2.24) is 14.9 Å². The van der Waals surface area contributed by atoms with Crippen molar-refractivity contribution in [3.63, 3.8) is 0 Å². The molecule has 1 unspecified atom stereocenters. The number of aryl methyl sites for hydroxylation is 1. The van der Waals surface area contributed by atoms with Crippen molar-refractivity contribution in [1.29, 1.82) is 0 Å². The van der Waals surface area contributed by atoms with Crippen LogP contribution in [0, 0.1) is 0 Å². The van der Waals surface area contributed by atoms with E-state index in [0.717, 1.165) is 45.4 Å². The number of anilines is 1. The third-order valence-electron chi connectivity index (χ3n) is 3.68. The van der Waals surface area contributed by atoms with Crippen LogP contribution < -0.4 is 15.8 Å². The smallest absolute Gasteiger partial charge is 0.293 e. The molecule has 0 saturated carbocycles. The topological polar surface area (TPSA) is 50.2 Å². The first kappa shape index (κ1) is 14.1. The van der Waals surface area contributed by atoms with E-state index >= 15 is 0 Å². The molecule has 0 aliphatic carbocycles. The maximum atomic E-state index is 12.4. The van der Waals surface area contributed by atoms with Crippen LogP contribution in [0.5, 0.6) is 0 Å². The van der Waals surface area contributed by atoms with Gasteiger partial charge in [-0.2, -0.15) is 0 Å². The molecule has 1 N–H and O–H groups in total. The van der Waals surface area contributed by atoms with Gasteiger partial charge in [-0.05, 0) is 32.7 Å². The summed E-state index contributed by atoms with van der Waals surface area (Å²) in [6.07, 6.45) is 6.77. The van der Waals surface area contributed by atoms with Crippen molar-refractivity contribution in [2.24, 2.45) is 0 Å². The molecule has 1 fully saturated rings. The van der Waals surface area contributed by atoms with Gasteiger partial charge in [0.15, 0.2) is 5.82 Å². The summed E-state index contributed by atoms with van der Waals surface area (Å²) in [7, 11) is 0. The van der Waals surface area contributed by atoms with Crippen molar-refractivity contribution in [2.45, 2.75) is 45.7 Å². The zero-order chi connectivity index (χ0) is 13.7. The zero-order valence-corrected chi connectivity index (χ0v) is 11.9. The normalized spacial score (nSPS) is 19.4. The lowest BCUT2D eigenvalue weighted by molar-refractivity contribution is 0.431. The molecule has 1 aromatic rings. The summed E-state index contributed by atoms with van der Waals surface area (Å²) in [6.45, 7) is 7.77. The van der Waals surface area contributed by atoms with Gasteiger partial charge in [0.05, 0.1) is 0 Å². The molecule has 106 valence electrons. The van der Waals surface area contributed by atoms with Gasteiger partial charge < -0.3 is 14.8 Å². The van der Waals surface area contributed by atoms with E-state index in [9.17, 15) is 4.79 Å². The lowest BCUT2D eigenvalue weighted by Crippen LogP contribution is -2.48. The van der Waals surface area contributed by atoms with Crippen molar-refractivity contribution in [2.75, 3.05) is 24.5 Å². The summed E-state index contributed by atoms with van der Waals surface area (Å²) in [4.78, 5) is 18.9. The summed E-state index contributed by atoms with van der Waals surface area (Å²) in [5, 5.41) is 3.40. The summed E-state index contributed by atoms with van der Waals surface area (Å²) >= 11 is 0. The molecule has 0 radical (unpaired) electrons. The molecule has 2 rings (SSSR count). The molecule has 1 aliphatic rings. The molecular formula is C14H24N4O. The van der Waals surface area contributed by atoms with E-state index in [1.165, 1.54) is 0 Å². The highest BCUT2D eigenvalue weighted by Crippen LogP contribution is 2.14. The Kier molecular flexibility index (Phi) is 4.96. The van der Waals surface area contributed by atoms with Gasteiger partial charge in [-0.1, -0.05) is 6.92 Å². The molecule has 5 heteroatoms. The summed E-state index contributed by atoms with van der Waals surface area (Å²) in [5.41, 5.74) is 0.0387. The minimum atomic E-state index is 0.0387. The van der Waals surface area contributed by atoms with Gasteiger partial charge >= 0.3 is 0 Å². The minimum Gasteiger partial charge on any atom is -0.348 e. The number of piperidine rings is 1. The molecular weight excluding hydrogens is 240 g/mol. The van der Waals surface area contributed by atoms with Crippen LogP contribution in [0.15, 0.2) is 17.2 Å². The van der Waals surface area contributed by atoms with E-state index in [1.54, 1.807) is 17.0 Å². The third-order valence-corrected chi connectivity index (χ3v) is 3.68. The maximum Gasteiger partial charge on any atom is 0.293 e. The van der Waals surface area contributed by atoms with Crippen LogP contribution in [-0.4, -0.2) is 35.2 Å². The van der Waals surface area contributed by atoms with Crippen molar-refractivity contribution >= 4 is 5.82 Å². The largest absolute Gasteiger partial charge is 0.348 e. The highest BCUT2D eigenvalue weighted by molar-refractivity contribution is 5.37. The van der Waals surface area contributed by atoms with E-state index in [2.05, 4.69) is 29.0 Å².